The highest BCUT2D eigenvalue weighted by Gasteiger charge is 2.19. The lowest BCUT2D eigenvalue weighted by molar-refractivity contribution is 0.174. The Bertz CT molecular complexity index is 1800. The Morgan fingerprint density at radius 1 is 0.872 bits per heavy atom. The van der Waals surface area contributed by atoms with E-state index in [1.165, 1.54) is 0 Å². The van der Waals surface area contributed by atoms with Crippen LogP contribution in [0.25, 0.3) is 44.1 Å². The van der Waals surface area contributed by atoms with Crippen molar-refractivity contribution < 1.29 is 9.47 Å². The first-order valence-corrected chi connectivity index (χ1v) is 14.5. The molecule has 0 fully saturated rings. The number of thioether (sulfide) groups is 1. The number of benzene rings is 3. The average molecular weight is 550 g/mol. The third-order valence-corrected chi connectivity index (χ3v) is 8.52. The molecule has 6 aromatic rings. The molecule has 0 amide bonds. The summed E-state index contributed by atoms with van der Waals surface area (Å²) in [7, 11) is 0. The number of aromatic nitrogens is 5. The average Bonchev–Trinajstić information content (AvgIpc) is 3.75. The number of thiazole rings is 1. The molecule has 0 N–H and O–H groups in total. The summed E-state index contributed by atoms with van der Waals surface area (Å²) < 4.78 is 13.1. The van der Waals surface area contributed by atoms with Crippen LogP contribution in [0.15, 0.2) is 89.4 Å². The molecule has 4 heterocycles. The van der Waals surface area contributed by atoms with Gasteiger partial charge in [-0.2, -0.15) is 0 Å². The molecule has 1 aliphatic rings. The summed E-state index contributed by atoms with van der Waals surface area (Å²) in [5, 5.41) is 14.2. The Balaban J connectivity index is 1.18. The summed E-state index contributed by atoms with van der Waals surface area (Å²) in [4.78, 5) is 9.79. The fourth-order valence-electron chi connectivity index (χ4n) is 4.67. The zero-order chi connectivity index (χ0) is 26.2. The molecule has 0 saturated heterocycles. The van der Waals surface area contributed by atoms with Crippen LogP contribution in [-0.2, 0) is 12.3 Å². The van der Waals surface area contributed by atoms with Gasteiger partial charge in [0.25, 0.3) is 0 Å². The van der Waals surface area contributed by atoms with Gasteiger partial charge in [0.1, 0.15) is 5.01 Å². The Hall–Kier alpha value is -4.21. The van der Waals surface area contributed by atoms with Crippen molar-refractivity contribution in [2.45, 2.75) is 24.4 Å². The molecule has 3 aromatic heterocycles. The van der Waals surface area contributed by atoms with Crippen molar-refractivity contribution >= 4 is 34.0 Å². The lowest BCUT2D eigenvalue weighted by Gasteiger charge is -2.11. The Labute approximate surface area is 233 Å². The highest BCUT2D eigenvalue weighted by atomic mass is 32.2. The fraction of sp³-hybridized carbons (Fsp3) is 0.133. The first kappa shape index (κ1) is 23.9. The number of hydrogen-bond donors (Lipinski definition) is 0. The molecule has 1 aliphatic heterocycles. The Morgan fingerprint density at radius 3 is 2.62 bits per heavy atom. The van der Waals surface area contributed by atoms with Gasteiger partial charge in [-0.1, -0.05) is 60.3 Å². The maximum absolute atomic E-state index is 5.52. The molecule has 0 aliphatic carbocycles. The minimum Gasteiger partial charge on any atom is -0.454 e. The van der Waals surface area contributed by atoms with Gasteiger partial charge in [-0.05, 0) is 37.3 Å². The smallest absolute Gasteiger partial charge is 0.231 e. The largest absolute Gasteiger partial charge is 0.454 e. The van der Waals surface area contributed by atoms with Crippen molar-refractivity contribution in [1.82, 2.24) is 24.7 Å². The van der Waals surface area contributed by atoms with E-state index in [1.54, 1.807) is 23.1 Å². The van der Waals surface area contributed by atoms with Crippen LogP contribution in [0.5, 0.6) is 11.5 Å². The summed E-state index contributed by atoms with van der Waals surface area (Å²) in [6.07, 6.45) is 0. The molecule has 0 radical (unpaired) electrons. The lowest BCUT2D eigenvalue weighted by Crippen LogP contribution is -2.01. The number of ether oxygens (including phenoxy) is 2. The van der Waals surface area contributed by atoms with Crippen LogP contribution in [0.3, 0.4) is 0 Å². The van der Waals surface area contributed by atoms with E-state index >= 15 is 0 Å². The van der Waals surface area contributed by atoms with E-state index < -0.39 is 0 Å². The fourth-order valence-corrected chi connectivity index (χ4v) is 6.49. The Kier molecular flexibility index (Phi) is 6.22. The number of rotatable bonds is 7. The molecule has 7 rings (SSSR count). The van der Waals surface area contributed by atoms with Gasteiger partial charge in [-0.15, -0.1) is 21.5 Å². The summed E-state index contributed by atoms with van der Waals surface area (Å²) in [6.45, 7) is 3.14. The highest BCUT2D eigenvalue weighted by Crippen LogP contribution is 2.38. The van der Waals surface area contributed by atoms with Gasteiger partial charge in [0.2, 0.25) is 6.79 Å². The molecule has 0 atom stereocenters. The number of pyridine rings is 1. The molecule has 0 spiro atoms. The van der Waals surface area contributed by atoms with Crippen molar-refractivity contribution in [3.05, 3.63) is 89.9 Å². The van der Waals surface area contributed by atoms with Crippen molar-refractivity contribution in [2.24, 2.45) is 0 Å². The predicted octanol–water partition coefficient (Wildman–Crippen LogP) is 7.32. The normalized spacial score (nSPS) is 12.3. The van der Waals surface area contributed by atoms with Crippen molar-refractivity contribution in [3.63, 3.8) is 0 Å². The van der Waals surface area contributed by atoms with Gasteiger partial charge in [0.05, 0.1) is 16.9 Å². The molecule has 39 heavy (non-hydrogen) atoms. The zero-order valence-corrected chi connectivity index (χ0v) is 22.7. The van der Waals surface area contributed by atoms with Crippen molar-refractivity contribution in [2.75, 3.05) is 6.79 Å². The Morgan fingerprint density at radius 2 is 1.72 bits per heavy atom. The van der Waals surface area contributed by atoms with Crippen LogP contribution in [0, 0.1) is 0 Å². The minimum absolute atomic E-state index is 0.265. The molecule has 7 nitrogen and oxygen atoms in total. The van der Waals surface area contributed by atoms with Crippen molar-refractivity contribution in [3.8, 4) is 44.7 Å². The molecule has 0 bridgehead atoms. The lowest BCUT2D eigenvalue weighted by atomic mass is 10.0. The van der Waals surface area contributed by atoms with E-state index in [-0.39, 0.29) is 6.79 Å². The van der Waals surface area contributed by atoms with Crippen LogP contribution >= 0.6 is 23.1 Å². The number of nitrogens with zero attached hydrogens (tertiary/aromatic N) is 5. The third kappa shape index (κ3) is 4.53. The maximum atomic E-state index is 5.52. The van der Waals surface area contributed by atoms with E-state index in [2.05, 4.69) is 51.3 Å². The number of para-hydroxylation sites is 1. The quantitative estimate of drug-likeness (QED) is 0.193. The zero-order valence-electron chi connectivity index (χ0n) is 21.1. The topological polar surface area (TPSA) is 75.0 Å². The molecular formula is C30H23N5O2S2. The van der Waals surface area contributed by atoms with E-state index in [1.807, 2.05) is 54.6 Å². The van der Waals surface area contributed by atoms with Gasteiger partial charge in [-0.3, -0.25) is 0 Å². The third-order valence-electron chi connectivity index (χ3n) is 6.58. The van der Waals surface area contributed by atoms with Gasteiger partial charge in [0, 0.05) is 39.8 Å². The molecule has 9 heteroatoms. The molecule has 0 saturated carbocycles. The second-order valence-corrected chi connectivity index (χ2v) is 10.8. The van der Waals surface area contributed by atoms with Crippen LogP contribution in [0.1, 0.15) is 12.6 Å². The second kappa shape index (κ2) is 10.2. The molecule has 3 aromatic carbocycles. The van der Waals surface area contributed by atoms with Crippen LogP contribution < -0.4 is 9.47 Å². The molecule has 192 valence electrons. The molecule has 0 unspecified atom stereocenters. The van der Waals surface area contributed by atoms with Crippen LogP contribution in [0.2, 0.25) is 0 Å². The monoisotopic (exact) mass is 549 g/mol. The summed E-state index contributed by atoms with van der Waals surface area (Å²) >= 11 is 3.27. The molecular weight excluding hydrogens is 526 g/mol. The number of hydrogen-bond acceptors (Lipinski definition) is 8. The maximum Gasteiger partial charge on any atom is 0.231 e. The highest BCUT2D eigenvalue weighted by molar-refractivity contribution is 7.98. The first-order chi connectivity index (χ1) is 19.3. The van der Waals surface area contributed by atoms with Gasteiger partial charge >= 0.3 is 0 Å². The standard InChI is InChI=1S/C30H23N5O2S2/c1-2-35-28(23-15-25(19-8-4-3-5-9-19)32-24-11-7-6-10-22(23)24)33-34-30(35)39-17-21-16-38-29(31-21)20-12-13-26-27(14-20)37-18-36-26/h3-16H,2,17-18H2,1H3. The van der Waals surface area contributed by atoms with E-state index in [9.17, 15) is 0 Å². The summed E-state index contributed by atoms with van der Waals surface area (Å²) in [5.74, 6) is 3.08. The minimum atomic E-state index is 0.265. The second-order valence-electron chi connectivity index (χ2n) is 8.99. The van der Waals surface area contributed by atoms with Gasteiger partial charge in [-0.25, -0.2) is 9.97 Å². The summed E-state index contributed by atoms with van der Waals surface area (Å²) in [5.41, 5.74) is 5.99. The van der Waals surface area contributed by atoms with Gasteiger partial charge < -0.3 is 14.0 Å². The van der Waals surface area contributed by atoms with E-state index in [0.717, 1.165) is 73.0 Å². The predicted molar refractivity (Wildman–Crippen MR) is 155 cm³/mol. The van der Waals surface area contributed by atoms with E-state index in [0.29, 0.717) is 5.75 Å². The van der Waals surface area contributed by atoms with Gasteiger partial charge in [0.15, 0.2) is 22.5 Å². The van der Waals surface area contributed by atoms with Crippen molar-refractivity contribution in [1.29, 1.82) is 0 Å². The van der Waals surface area contributed by atoms with Crippen LogP contribution in [0.4, 0.5) is 0 Å². The SMILES string of the molecule is CCn1c(SCc2csc(-c3ccc4c(c3)OCO4)n2)nnc1-c1cc(-c2ccccc2)nc2ccccc12. The van der Waals surface area contributed by atoms with E-state index in [4.69, 9.17) is 19.4 Å². The summed E-state index contributed by atoms with van der Waals surface area (Å²) in [6, 6.07) is 26.5. The number of fused-ring (bicyclic) bond motifs is 2. The van der Waals surface area contributed by atoms with Crippen LogP contribution in [-0.4, -0.2) is 31.5 Å². The first-order valence-electron chi connectivity index (χ1n) is 12.6.